The van der Waals surface area contributed by atoms with E-state index in [1.165, 1.54) is 12.8 Å². The molecule has 0 saturated heterocycles. The molecule has 2 fully saturated rings. The van der Waals surface area contributed by atoms with Crippen LogP contribution in [0, 0.1) is 23.7 Å². The minimum atomic E-state index is -0.833. The first kappa shape index (κ1) is 14.6. The van der Waals surface area contributed by atoms with Crippen LogP contribution in [0.25, 0.3) is 0 Å². The molecule has 0 heterocycles. The number of allylic oxidation sites excluding steroid dienone is 2. The fraction of sp³-hybridized carbons (Fsp3) is 0.750. The molecule has 5 nitrogen and oxygen atoms in total. The van der Waals surface area contributed by atoms with Gasteiger partial charge in [0, 0.05) is 19.1 Å². The normalized spacial score (nSPS) is 33.6. The minimum Gasteiger partial charge on any atom is -0.481 e. The number of aliphatic carboxylic acids is 1. The first-order valence-corrected chi connectivity index (χ1v) is 8.04. The second-order valence-electron chi connectivity index (χ2n) is 6.49. The van der Waals surface area contributed by atoms with Crippen molar-refractivity contribution in [3.05, 3.63) is 12.2 Å². The first-order valence-electron chi connectivity index (χ1n) is 8.04. The lowest BCUT2D eigenvalue weighted by molar-refractivity contribution is -0.147. The van der Waals surface area contributed by atoms with E-state index in [0.717, 1.165) is 19.5 Å². The quantitative estimate of drug-likeness (QED) is 0.690. The number of rotatable bonds is 7. The Balaban J connectivity index is 1.52. The molecule has 0 aromatic carbocycles. The van der Waals surface area contributed by atoms with Gasteiger partial charge in [-0.1, -0.05) is 19.1 Å². The summed E-state index contributed by atoms with van der Waals surface area (Å²) >= 11 is 0. The van der Waals surface area contributed by atoms with Crippen molar-refractivity contribution in [2.24, 2.45) is 23.7 Å². The van der Waals surface area contributed by atoms with Gasteiger partial charge in [0.15, 0.2) is 0 Å². The number of amides is 1. The molecule has 0 aliphatic heterocycles. The SMILES string of the molecule is CCN(CCNC(=O)[C@H]1C2C=CC(C2)[C@H]1C(=O)O)C1CC1. The monoisotopic (exact) mass is 292 g/mol. The number of fused-ring (bicyclic) bond motifs is 2. The minimum absolute atomic E-state index is 0.0434. The highest BCUT2D eigenvalue weighted by atomic mass is 16.4. The van der Waals surface area contributed by atoms with Crippen molar-refractivity contribution in [2.45, 2.75) is 32.2 Å². The van der Waals surface area contributed by atoms with Crippen LogP contribution in [0.3, 0.4) is 0 Å². The van der Waals surface area contributed by atoms with Crippen molar-refractivity contribution < 1.29 is 14.7 Å². The predicted octanol–water partition coefficient (Wildman–Crippen LogP) is 1.11. The fourth-order valence-electron chi connectivity index (χ4n) is 4.00. The van der Waals surface area contributed by atoms with Gasteiger partial charge in [0.25, 0.3) is 0 Å². The van der Waals surface area contributed by atoms with Gasteiger partial charge < -0.3 is 10.4 Å². The van der Waals surface area contributed by atoms with E-state index in [1.807, 2.05) is 12.2 Å². The van der Waals surface area contributed by atoms with Crippen LogP contribution in [0.5, 0.6) is 0 Å². The summed E-state index contributed by atoms with van der Waals surface area (Å²) in [5.41, 5.74) is 0. The third-order valence-corrected chi connectivity index (χ3v) is 5.21. The molecule has 4 atom stereocenters. The number of likely N-dealkylation sites (N-methyl/N-ethyl adjacent to an activating group) is 1. The molecule has 2 unspecified atom stereocenters. The van der Waals surface area contributed by atoms with Gasteiger partial charge in [-0.15, -0.1) is 0 Å². The van der Waals surface area contributed by atoms with E-state index in [2.05, 4.69) is 17.1 Å². The van der Waals surface area contributed by atoms with E-state index >= 15 is 0 Å². The summed E-state index contributed by atoms with van der Waals surface area (Å²) < 4.78 is 0. The third kappa shape index (κ3) is 2.84. The molecule has 2 bridgehead atoms. The molecule has 5 heteroatoms. The van der Waals surface area contributed by atoms with Gasteiger partial charge in [0.05, 0.1) is 11.8 Å². The second-order valence-corrected chi connectivity index (χ2v) is 6.49. The summed E-state index contributed by atoms with van der Waals surface area (Å²) in [4.78, 5) is 26.2. The molecule has 0 aromatic heterocycles. The Bertz CT molecular complexity index is 458. The molecule has 0 aromatic rings. The molecule has 2 N–H and O–H groups in total. The van der Waals surface area contributed by atoms with E-state index in [4.69, 9.17) is 0 Å². The molecule has 3 aliphatic rings. The molecule has 21 heavy (non-hydrogen) atoms. The Morgan fingerprint density at radius 2 is 1.90 bits per heavy atom. The Kier molecular flexibility index (Phi) is 4.02. The Morgan fingerprint density at radius 1 is 1.24 bits per heavy atom. The maximum atomic E-state index is 12.4. The molecule has 116 valence electrons. The average Bonchev–Trinajstić information content (AvgIpc) is 3.09. The zero-order chi connectivity index (χ0) is 15.0. The number of carbonyl (C=O) groups excluding carboxylic acids is 1. The highest BCUT2D eigenvalue weighted by Crippen LogP contribution is 2.48. The highest BCUT2D eigenvalue weighted by Gasteiger charge is 2.51. The Morgan fingerprint density at radius 3 is 2.48 bits per heavy atom. The predicted molar refractivity (Wildman–Crippen MR) is 78.6 cm³/mol. The van der Waals surface area contributed by atoms with Crippen LogP contribution in [0.1, 0.15) is 26.2 Å². The smallest absolute Gasteiger partial charge is 0.307 e. The van der Waals surface area contributed by atoms with Crippen LogP contribution in [0.4, 0.5) is 0 Å². The maximum absolute atomic E-state index is 12.4. The first-order chi connectivity index (χ1) is 10.1. The van der Waals surface area contributed by atoms with Gasteiger partial charge >= 0.3 is 5.97 Å². The lowest BCUT2D eigenvalue weighted by Crippen LogP contribution is -2.43. The number of nitrogens with zero attached hydrogens (tertiary/aromatic N) is 1. The van der Waals surface area contributed by atoms with Crippen molar-refractivity contribution in [3.63, 3.8) is 0 Å². The number of carboxylic acid groups (broad SMARTS) is 1. The van der Waals surface area contributed by atoms with Crippen LogP contribution in [-0.4, -0.2) is 47.6 Å². The third-order valence-electron chi connectivity index (χ3n) is 5.21. The molecule has 2 saturated carbocycles. The molecular weight excluding hydrogens is 268 g/mol. The summed E-state index contributed by atoms with van der Waals surface area (Å²) in [7, 11) is 0. The van der Waals surface area contributed by atoms with Gasteiger partial charge in [-0.05, 0) is 37.6 Å². The number of nitrogens with one attached hydrogen (secondary N) is 1. The van der Waals surface area contributed by atoms with E-state index < -0.39 is 11.9 Å². The van der Waals surface area contributed by atoms with E-state index in [0.29, 0.717) is 12.6 Å². The Hall–Kier alpha value is -1.36. The van der Waals surface area contributed by atoms with Crippen LogP contribution in [0.15, 0.2) is 12.2 Å². The standard InChI is InChI=1S/C16H24N2O3/c1-2-18(12-5-6-12)8-7-17-15(19)13-10-3-4-11(9-10)14(13)16(20)21/h3-4,10-14H,2,5-9H2,1H3,(H,17,19)(H,20,21)/t10?,11?,13-,14+/m0/s1. The number of hydrogen-bond acceptors (Lipinski definition) is 3. The second kappa shape index (κ2) is 5.79. The average molecular weight is 292 g/mol. The summed E-state index contributed by atoms with van der Waals surface area (Å²) in [6, 6.07) is 0.698. The van der Waals surface area contributed by atoms with Crippen molar-refractivity contribution in [1.29, 1.82) is 0 Å². The summed E-state index contributed by atoms with van der Waals surface area (Å²) in [5.74, 6) is -1.67. The van der Waals surface area contributed by atoms with Crippen molar-refractivity contribution in [1.82, 2.24) is 10.2 Å². The van der Waals surface area contributed by atoms with Gasteiger partial charge in [-0.25, -0.2) is 0 Å². The fourth-order valence-corrected chi connectivity index (χ4v) is 4.00. The lowest BCUT2D eigenvalue weighted by atomic mass is 9.82. The van der Waals surface area contributed by atoms with Crippen molar-refractivity contribution >= 4 is 11.9 Å². The lowest BCUT2D eigenvalue weighted by Gasteiger charge is -2.25. The van der Waals surface area contributed by atoms with Crippen LogP contribution >= 0.6 is 0 Å². The molecule has 0 radical (unpaired) electrons. The zero-order valence-electron chi connectivity index (χ0n) is 12.5. The van der Waals surface area contributed by atoms with Crippen molar-refractivity contribution in [2.75, 3.05) is 19.6 Å². The number of carboxylic acids is 1. The van der Waals surface area contributed by atoms with E-state index in [9.17, 15) is 14.7 Å². The number of carbonyl (C=O) groups is 2. The molecule has 0 spiro atoms. The molecule has 3 rings (SSSR count). The van der Waals surface area contributed by atoms with Gasteiger partial charge in [0.1, 0.15) is 0 Å². The largest absolute Gasteiger partial charge is 0.481 e. The van der Waals surface area contributed by atoms with E-state index in [1.54, 1.807) is 0 Å². The molecule has 3 aliphatic carbocycles. The summed E-state index contributed by atoms with van der Waals surface area (Å²) in [6.07, 6.45) is 7.34. The van der Waals surface area contributed by atoms with Crippen LogP contribution in [-0.2, 0) is 9.59 Å². The van der Waals surface area contributed by atoms with E-state index in [-0.39, 0.29) is 23.7 Å². The van der Waals surface area contributed by atoms with Crippen LogP contribution < -0.4 is 5.32 Å². The van der Waals surface area contributed by atoms with Crippen molar-refractivity contribution in [3.8, 4) is 0 Å². The number of hydrogen-bond donors (Lipinski definition) is 2. The molecular formula is C16H24N2O3. The highest BCUT2D eigenvalue weighted by molar-refractivity contribution is 5.86. The topological polar surface area (TPSA) is 69.6 Å². The summed E-state index contributed by atoms with van der Waals surface area (Å²) in [5, 5.41) is 12.3. The Labute approximate surface area is 125 Å². The van der Waals surface area contributed by atoms with Crippen LogP contribution in [0.2, 0.25) is 0 Å². The summed E-state index contributed by atoms with van der Waals surface area (Å²) in [6.45, 7) is 4.63. The van der Waals surface area contributed by atoms with Gasteiger partial charge in [-0.3, -0.25) is 14.5 Å². The zero-order valence-corrected chi connectivity index (χ0v) is 12.5. The maximum Gasteiger partial charge on any atom is 0.307 e. The molecule has 1 amide bonds. The van der Waals surface area contributed by atoms with Gasteiger partial charge in [-0.2, -0.15) is 0 Å². The van der Waals surface area contributed by atoms with Gasteiger partial charge in [0.2, 0.25) is 5.91 Å².